The molecule has 74 valence electrons. The van der Waals surface area contributed by atoms with Crippen molar-refractivity contribution in [2.24, 2.45) is 5.73 Å². The second-order valence-electron chi connectivity index (χ2n) is 5.05. The Morgan fingerprint density at radius 3 is 2.00 bits per heavy atom. The lowest BCUT2D eigenvalue weighted by atomic mass is 10.2. The predicted molar refractivity (Wildman–Crippen MR) is 56.8 cm³/mol. The molecule has 0 fully saturated rings. The minimum atomic E-state index is -1.55. The predicted octanol–water partition coefficient (Wildman–Crippen LogP) is 2.36. The Hall–Kier alpha value is 0.137. The zero-order valence-corrected chi connectivity index (χ0v) is 10.3. The van der Waals surface area contributed by atoms with Crippen molar-refractivity contribution in [3.05, 3.63) is 0 Å². The highest BCUT2D eigenvalue weighted by atomic mass is 28.4. The number of nitrogens with two attached hydrogens (primary N) is 1. The number of hydrogen-bond acceptors (Lipinski definition) is 2. The van der Waals surface area contributed by atoms with E-state index >= 15 is 0 Å². The van der Waals surface area contributed by atoms with Crippen LogP contribution in [0.3, 0.4) is 0 Å². The van der Waals surface area contributed by atoms with Crippen LogP contribution in [0.25, 0.3) is 0 Å². The highest BCUT2D eigenvalue weighted by Gasteiger charge is 2.37. The Labute approximate surface area is 77.6 Å². The number of rotatable bonds is 3. The van der Waals surface area contributed by atoms with Gasteiger partial charge in [0.2, 0.25) is 0 Å². The maximum absolute atomic E-state index is 5.87. The molecule has 0 aromatic heterocycles. The lowest BCUT2D eigenvalue weighted by Gasteiger charge is -2.36. The van der Waals surface area contributed by atoms with Gasteiger partial charge in [-0.3, -0.25) is 0 Å². The summed E-state index contributed by atoms with van der Waals surface area (Å²) in [7, 11) is -1.55. The van der Waals surface area contributed by atoms with Crippen molar-refractivity contribution in [1.29, 1.82) is 0 Å². The summed E-state index contributed by atoms with van der Waals surface area (Å²) in [6, 6.07) is 0.152. The van der Waals surface area contributed by atoms with Crippen molar-refractivity contribution in [1.82, 2.24) is 0 Å². The quantitative estimate of drug-likeness (QED) is 0.692. The third kappa shape index (κ3) is 3.69. The van der Waals surface area contributed by atoms with Crippen LogP contribution in [0, 0.1) is 0 Å². The molecular weight excluding hydrogens is 166 g/mol. The van der Waals surface area contributed by atoms with E-state index in [1.807, 2.05) is 6.92 Å². The topological polar surface area (TPSA) is 35.2 Å². The zero-order chi connectivity index (χ0) is 9.99. The Bertz CT molecular complexity index is 138. The average Bonchev–Trinajstić information content (AvgIpc) is 1.81. The standard InChI is InChI=1S/C9H23NOSi/c1-8(10)7-11-12(5,6)9(2,3)4/h8H,7,10H2,1-6H3/t8-/m0/s1. The van der Waals surface area contributed by atoms with Crippen LogP contribution in [0.1, 0.15) is 27.7 Å². The van der Waals surface area contributed by atoms with Crippen molar-refractivity contribution >= 4 is 8.32 Å². The van der Waals surface area contributed by atoms with Crippen LogP contribution in [0.2, 0.25) is 18.1 Å². The minimum absolute atomic E-state index is 0.152. The van der Waals surface area contributed by atoms with Crippen molar-refractivity contribution in [3.63, 3.8) is 0 Å². The third-order valence-electron chi connectivity index (χ3n) is 2.51. The zero-order valence-electron chi connectivity index (χ0n) is 9.27. The first-order valence-electron chi connectivity index (χ1n) is 4.56. The Morgan fingerprint density at radius 2 is 1.75 bits per heavy atom. The van der Waals surface area contributed by atoms with Crippen LogP contribution in [0.15, 0.2) is 0 Å². The van der Waals surface area contributed by atoms with E-state index in [1.165, 1.54) is 0 Å². The van der Waals surface area contributed by atoms with Crippen molar-refractivity contribution in [2.45, 2.75) is 51.9 Å². The van der Waals surface area contributed by atoms with E-state index < -0.39 is 8.32 Å². The van der Waals surface area contributed by atoms with Gasteiger partial charge in [-0.15, -0.1) is 0 Å². The lowest BCUT2D eigenvalue weighted by Crippen LogP contribution is -2.43. The van der Waals surface area contributed by atoms with E-state index in [9.17, 15) is 0 Å². The summed E-state index contributed by atoms with van der Waals surface area (Å²) in [5, 5.41) is 0.294. The van der Waals surface area contributed by atoms with Crippen LogP contribution >= 0.6 is 0 Å². The first-order valence-corrected chi connectivity index (χ1v) is 7.47. The molecule has 0 aliphatic rings. The Kier molecular flexibility index (Phi) is 3.94. The van der Waals surface area contributed by atoms with Crippen LogP contribution < -0.4 is 5.73 Å². The Morgan fingerprint density at radius 1 is 1.33 bits per heavy atom. The molecule has 0 aliphatic carbocycles. The van der Waals surface area contributed by atoms with Gasteiger partial charge in [-0.1, -0.05) is 20.8 Å². The van der Waals surface area contributed by atoms with Gasteiger partial charge in [0.1, 0.15) is 0 Å². The summed E-state index contributed by atoms with van der Waals surface area (Å²) < 4.78 is 5.87. The minimum Gasteiger partial charge on any atom is -0.415 e. The maximum Gasteiger partial charge on any atom is 0.192 e. The molecule has 1 atom stereocenters. The molecule has 2 N–H and O–H groups in total. The van der Waals surface area contributed by atoms with E-state index in [-0.39, 0.29) is 6.04 Å². The van der Waals surface area contributed by atoms with E-state index in [1.54, 1.807) is 0 Å². The number of hydrogen-bond donors (Lipinski definition) is 1. The maximum atomic E-state index is 5.87. The summed E-state index contributed by atoms with van der Waals surface area (Å²) in [6.07, 6.45) is 0. The first kappa shape index (κ1) is 12.1. The van der Waals surface area contributed by atoms with Gasteiger partial charge in [0.15, 0.2) is 8.32 Å². The summed E-state index contributed by atoms with van der Waals surface area (Å²) in [4.78, 5) is 0. The van der Waals surface area contributed by atoms with Gasteiger partial charge in [-0.25, -0.2) is 0 Å². The molecule has 0 aromatic carbocycles. The molecular formula is C9H23NOSi. The SMILES string of the molecule is C[C@H](N)CO[Si](C)(C)C(C)(C)C. The van der Waals surface area contributed by atoms with Crippen molar-refractivity contribution in [2.75, 3.05) is 6.61 Å². The van der Waals surface area contributed by atoms with E-state index in [4.69, 9.17) is 10.2 Å². The molecule has 2 nitrogen and oxygen atoms in total. The van der Waals surface area contributed by atoms with Gasteiger partial charge in [-0.2, -0.15) is 0 Å². The molecule has 12 heavy (non-hydrogen) atoms. The molecule has 0 radical (unpaired) electrons. The van der Waals surface area contributed by atoms with Gasteiger partial charge in [-0.05, 0) is 25.1 Å². The van der Waals surface area contributed by atoms with Gasteiger partial charge >= 0.3 is 0 Å². The molecule has 3 heteroatoms. The highest BCUT2D eigenvalue weighted by Crippen LogP contribution is 2.36. The van der Waals surface area contributed by atoms with Crippen molar-refractivity contribution < 1.29 is 4.43 Å². The molecule has 0 rings (SSSR count). The van der Waals surface area contributed by atoms with Crippen LogP contribution in [0.4, 0.5) is 0 Å². The summed E-state index contributed by atoms with van der Waals surface area (Å²) in [5.41, 5.74) is 5.64. The van der Waals surface area contributed by atoms with Crippen LogP contribution in [-0.4, -0.2) is 21.0 Å². The van der Waals surface area contributed by atoms with Gasteiger partial charge in [0, 0.05) is 12.6 Å². The molecule has 0 heterocycles. The molecule has 0 bridgehead atoms. The van der Waals surface area contributed by atoms with E-state index in [0.717, 1.165) is 0 Å². The highest BCUT2D eigenvalue weighted by molar-refractivity contribution is 6.74. The fourth-order valence-corrected chi connectivity index (χ4v) is 1.67. The molecule has 0 unspecified atom stereocenters. The monoisotopic (exact) mass is 189 g/mol. The molecule has 0 saturated heterocycles. The second-order valence-corrected chi connectivity index (χ2v) is 9.86. The molecule has 0 amide bonds. The summed E-state index contributed by atoms with van der Waals surface area (Å²) >= 11 is 0. The van der Waals surface area contributed by atoms with E-state index in [0.29, 0.717) is 11.6 Å². The normalized spacial score (nSPS) is 16.2. The third-order valence-corrected chi connectivity index (χ3v) is 7.01. The molecule has 0 saturated carbocycles. The van der Waals surface area contributed by atoms with Gasteiger partial charge in [0.25, 0.3) is 0 Å². The second kappa shape index (κ2) is 3.90. The van der Waals surface area contributed by atoms with Crippen LogP contribution in [-0.2, 0) is 4.43 Å². The Balaban J connectivity index is 4.05. The fraction of sp³-hybridized carbons (Fsp3) is 1.00. The first-order chi connectivity index (χ1) is 5.17. The molecule has 0 aromatic rings. The van der Waals surface area contributed by atoms with Gasteiger partial charge < -0.3 is 10.2 Å². The fourth-order valence-electron chi connectivity index (χ4n) is 0.556. The smallest absolute Gasteiger partial charge is 0.192 e. The van der Waals surface area contributed by atoms with E-state index in [2.05, 4.69) is 33.9 Å². The lowest BCUT2D eigenvalue weighted by molar-refractivity contribution is 0.269. The molecule has 0 spiro atoms. The van der Waals surface area contributed by atoms with Crippen molar-refractivity contribution in [3.8, 4) is 0 Å². The summed E-state index contributed by atoms with van der Waals surface area (Å²) in [5.74, 6) is 0. The average molecular weight is 189 g/mol. The van der Waals surface area contributed by atoms with Gasteiger partial charge in [0.05, 0.1) is 0 Å². The largest absolute Gasteiger partial charge is 0.415 e. The molecule has 0 aliphatic heterocycles. The van der Waals surface area contributed by atoms with Crippen LogP contribution in [0.5, 0.6) is 0 Å². The summed E-state index contributed by atoms with van der Waals surface area (Å²) in [6.45, 7) is 13.9.